The Balaban J connectivity index is 2.06. The highest BCUT2D eigenvalue weighted by atomic mass is 16.5. The van der Waals surface area contributed by atoms with Crippen molar-refractivity contribution in [1.82, 2.24) is 0 Å². The minimum Gasteiger partial charge on any atom is -0.490 e. The van der Waals surface area contributed by atoms with Crippen LogP contribution < -0.4 is 4.74 Å². The molecule has 0 saturated heterocycles. The van der Waals surface area contributed by atoms with Crippen LogP contribution in [-0.2, 0) is 0 Å². The number of ketones is 1. The van der Waals surface area contributed by atoms with E-state index in [9.17, 15) is 9.90 Å². The lowest BCUT2D eigenvalue weighted by molar-refractivity contribution is -0.0664. The fourth-order valence-corrected chi connectivity index (χ4v) is 1.82. The van der Waals surface area contributed by atoms with Crippen LogP contribution in [0.2, 0.25) is 0 Å². The fourth-order valence-electron chi connectivity index (χ4n) is 1.82. The summed E-state index contributed by atoms with van der Waals surface area (Å²) in [6.45, 7) is 1.79. The Hall–Kier alpha value is -1.35. The van der Waals surface area contributed by atoms with Gasteiger partial charge >= 0.3 is 0 Å². The summed E-state index contributed by atoms with van der Waals surface area (Å²) in [5, 5.41) is 9.89. The maximum absolute atomic E-state index is 11.3. The molecule has 0 heterocycles. The quantitative estimate of drug-likeness (QED) is 0.791. The second-order valence-corrected chi connectivity index (χ2v) is 4.42. The summed E-state index contributed by atoms with van der Waals surface area (Å²) in [7, 11) is 0. The number of Topliss-reactive ketones (excluding diaryl/α,β-unsaturated/α-hetero) is 1. The van der Waals surface area contributed by atoms with Gasteiger partial charge in [0.15, 0.2) is 5.78 Å². The van der Waals surface area contributed by atoms with E-state index in [1.165, 1.54) is 6.92 Å². The van der Waals surface area contributed by atoms with Crippen molar-refractivity contribution in [3.8, 4) is 5.75 Å². The Bertz CT molecular complexity index is 394. The predicted molar refractivity (Wildman–Crippen MR) is 60.7 cm³/mol. The first-order valence-corrected chi connectivity index (χ1v) is 5.56. The maximum Gasteiger partial charge on any atom is 0.163 e. The lowest BCUT2D eigenvalue weighted by Gasteiger charge is -2.36. The molecule has 1 saturated carbocycles. The number of hydrogen-bond acceptors (Lipinski definition) is 3. The van der Waals surface area contributed by atoms with Gasteiger partial charge in [-0.15, -0.1) is 0 Å². The van der Waals surface area contributed by atoms with Crippen molar-refractivity contribution in [1.29, 1.82) is 0 Å². The lowest BCUT2D eigenvalue weighted by atomic mass is 9.81. The molecule has 1 aliphatic carbocycles. The van der Waals surface area contributed by atoms with Gasteiger partial charge in [-0.1, -0.05) is 12.1 Å². The van der Waals surface area contributed by atoms with Crippen LogP contribution in [0.25, 0.3) is 0 Å². The van der Waals surface area contributed by atoms with E-state index in [-0.39, 0.29) is 12.4 Å². The van der Waals surface area contributed by atoms with Gasteiger partial charge in [0.1, 0.15) is 12.4 Å². The number of carbonyl (C=O) groups excluding carboxylic acids is 1. The Morgan fingerprint density at radius 2 is 2.12 bits per heavy atom. The third-order valence-electron chi connectivity index (χ3n) is 3.05. The molecule has 0 bridgehead atoms. The Morgan fingerprint density at radius 1 is 1.44 bits per heavy atom. The van der Waals surface area contributed by atoms with Crippen LogP contribution >= 0.6 is 0 Å². The third kappa shape index (κ3) is 2.25. The largest absolute Gasteiger partial charge is 0.490 e. The SMILES string of the molecule is CC(=O)c1ccccc1OCC1(O)CCC1. The van der Waals surface area contributed by atoms with Gasteiger partial charge < -0.3 is 9.84 Å². The van der Waals surface area contributed by atoms with Gasteiger partial charge in [0, 0.05) is 0 Å². The van der Waals surface area contributed by atoms with Crippen molar-refractivity contribution >= 4 is 5.78 Å². The molecule has 1 aromatic rings. The molecular formula is C13H16O3. The van der Waals surface area contributed by atoms with Crippen molar-refractivity contribution in [2.24, 2.45) is 0 Å². The molecule has 2 rings (SSSR count). The molecule has 86 valence electrons. The highest BCUT2D eigenvalue weighted by Gasteiger charge is 2.35. The average molecular weight is 220 g/mol. The molecular weight excluding hydrogens is 204 g/mol. The molecule has 0 unspecified atom stereocenters. The van der Waals surface area contributed by atoms with Gasteiger partial charge in [0.25, 0.3) is 0 Å². The van der Waals surface area contributed by atoms with Gasteiger partial charge in [0.05, 0.1) is 11.2 Å². The van der Waals surface area contributed by atoms with Crippen LogP contribution in [0, 0.1) is 0 Å². The minimum absolute atomic E-state index is 0.0174. The second-order valence-electron chi connectivity index (χ2n) is 4.42. The summed E-state index contributed by atoms with van der Waals surface area (Å²) in [4.78, 5) is 11.3. The summed E-state index contributed by atoms with van der Waals surface area (Å²) in [5.74, 6) is 0.548. The summed E-state index contributed by atoms with van der Waals surface area (Å²) < 4.78 is 5.53. The van der Waals surface area contributed by atoms with E-state index in [0.717, 1.165) is 19.3 Å². The molecule has 0 amide bonds. The predicted octanol–water partition coefficient (Wildman–Crippen LogP) is 2.18. The van der Waals surface area contributed by atoms with Crippen LogP contribution in [0.3, 0.4) is 0 Å². The number of ether oxygens (including phenoxy) is 1. The number of benzene rings is 1. The number of aliphatic hydroxyl groups is 1. The van der Waals surface area contributed by atoms with Crippen LogP contribution in [0.1, 0.15) is 36.5 Å². The average Bonchev–Trinajstić information content (AvgIpc) is 2.24. The van der Waals surface area contributed by atoms with Gasteiger partial charge in [-0.3, -0.25) is 4.79 Å². The Morgan fingerprint density at radius 3 is 2.69 bits per heavy atom. The smallest absolute Gasteiger partial charge is 0.163 e. The van der Waals surface area contributed by atoms with E-state index >= 15 is 0 Å². The summed E-state index contributed by atoms with van der Waals surface area (Å²) >= 11 is 0. The molecule has 0 aromatic heterocycles. The van der Waals surface area contributed by atoms with Crippen molar-refractivity contribution < 1.29 is 14.6 Å². The monoisotopic (exact) mass is 220 g/mol. The molecule has 1 aromatic carbocycles. The third-order valence-corrected chi connectivity index (χ3v) is 3.05. The summed E-state index contributed by atoms with van der Waals surface area (Å²) in [5.41, 5.74) is -0.102. The van der Waals surface area contributed by atoms with Crippen LogP contribution in [0.5, 0.6) is 5.75 Å². The summed E-state index contributed by atoms with van der Waals surface area (Å²) in [6.07, 6.45) is 2.62. The zero-order valence-corrected chi connectivity index (χ0v) is 9.40. The highest BCUT2D eigenvalue weighted by Crippen LogP contribution is 2.32. The number of para-hydroxylation sites is 1. The van der Waals surface area contributed by atoms with E-state index in [0.29, 0.717) is 11.3 Å². The molecule has 16 heavy (non-hydrogen) atoms. The van der Waals surface area contributed by atoms with E-state index in [4.69, 9.17) is 4.74 Å². The fraction of sp³-hybridized carbons (Fsp3) is 0.462. The van der Waals surface area contributed by atoms with Crippen LogP contribution in [0.4, 0.5) is 0 Å². The molecule has 0 spiro atoms. The number of carbonyl (C=O) groups is 1. The zero-order valence-electron chi connectivity index (χ0n) is 9.40. The molecule has 0 radical (unpaired) electrons. The van der Waals surface area contributed by atoms with Gasteiger partial charge in [0.2, 0.25) is 0 Å². The molecule has 1 fully saturated rings. The first kappa shape index (κ1) is 11.1. The highest BCUT2D eigenvalue weighted by molar-refractivity contribution is 5.96. The molecule has 1 aliphatic rings. The van der Waals surface area contributed by atoms with E-state index in [2.05, 4.69) is 0 Å². The van der Waals surface area contributed by atoms with Crippen molar-refractivity contribution in [3.05, 3.63) is 29.8 Å². The zero-order chi connectivity index (χ0) is 11.6. The van der Waals surface area contributed by atoms with E-state index in [1.54, 1.807) is 12.1 Å². The topological polar surface area (TPSA) is 46.5 Å². The number of rotatable bonds is 4. The Kier molecular flexibility index (Phi) is 2.97. The van der Waals surface area contributed by atoms with Crippen molar-refractivity contribution in [2.45, 2.75) is 31.8 Å². The second kappa shape index (κ2) is 4.26. The number of hydrogen-bond donors (Lipinski definition) is 1. The van der Waals surface area contributed by atoms with Gasteiger partial charge in [-0.2, -0.15) is 0 Å². The van der Waals surface area contributed by atoms with E-state index < -0.39 is 5.60 Å². The molecule has 0 atom stereocenters. The minimum atomic E-state index is -0.677. The van der Waals surface area contributed by atoms with E-state index in [1.807, 2.05) is 12.1 Å². The molecule has 3 nitrogen and oxygen atoms in total. The maximum atomic E-state index is 11.3. The van der Waals surface area contributed by atoms with Gasteiger partial charge in [-0.05, 0) is 38.3 Å². The first-order valence-electron chi connectivity index (χ1n) is 5.56. The first-order chi connectivity index (χ1) is 7.61. The molecule has 3 heteroatoms. The lowest BCUT2D eigenvalue weighted by Crippen LogP contribution is -2.42. The normalized spacial score (nSPS) is 17.6. The molecule has 0 aliphatic heterocycles. The standard InChI is InChI=1S/C13H16O3/c1-10(14)11-5-2-3-6-12(11)16-9-13(15)7-4-8-13/h2-3,5-6,15H,4,7-9H2,1H3. The van der Waals surface area contributed by atoms with Crippen LogP contribution in [0.15, 0.2) is 24.3 Å². The van der Waals surface area contributed by atoms with Crippen molar-refractivity contribution in [3.63, 3.8) is 0 Å². The Labute approximate surface area is 95.0 Å². The van der Waals surface area contributed by atoms with Crippen molar-refractivity contribution in [2.75, 3.05) is 6.61 Å². The van der Waals surface area contributed by atoms with Crippen LogP contribution in [-0.4, -0.2) is 23.1 Å². The van der Waals surface area contributed by atoms with Gasteiger partial charge in [-0.25, -0.2) is 0 Å². The summed E-state index contributed by atoms with van der Waals surface area (Å²) in [6, 6.07) is 7.13. The molecule has 1 N–H and O–H groups in total.